The maximum absolute atomic E-state index is 10.6. The molecule has 0 aliphatic heterocycles. The molecule has 0 fully saturated rings. The van der Waals surface area contributed by atoms with Crippen LogP contribution in [0.25, 0.3) is 0 Å². The molecule has 0 aliphatic rings. The van der Waals surface area contributed by atoms with Crippen LogP contribution in [0, 0.1) is 0 Å². The molecule has 0 aromatic carbocycles. The minimum absolute atomic E-state index is 0.00371. The second kappa shape index (κ2) is 5.36. The number of carbonyl (C=O) groups excluding carboxylic acids is 1. The largest absolute Gasteiger partial charge is 0.461 e. The molecule has 13 heavy (non-hydrogen) atoms. The molecule has 1 unspecified atom stereocenters. The Bertz CT molecular complexity index is 283. The number of ether oxygens (including phenoxy) is 1. The molecule has 5 nitrogen and oxygen atoms in total. The molecule has 1 atom stereocenters. The summed E-state index contributed by atoms with van der Waals surface area (Å²) < 4.78 is 34.2. The van der Waals surface area contributed by atoms with E-state index in [1.54, 1.807) is 0 Å². The molecule has 0 aliphatic carbocycles. The molecular formula is C6H9BrO5S. The van der Waals surface area contributed by atoms with Crippen LogP contribution in [0.1, 0.15) is 0 Å². The summed E-state index contributed by atoms with van der Waals surface area (Å²) in [7, 11) is -4.18. The van der Waals surface area contributed by atoms with Crippen LogP contribution in [0.5, 0.6) is 0 Å². The first-order valence-corrected chi connectivity index (χ1v) is 5.85. The molecular weight excluding hydrogens is 264 g/mol. The van der Waals surface area contributed by atoms with E-state index >= 15 is 0 Å². The van der Waals surface area contributed by atoms with Gasteiger partial charge < -0.3 is 4.74 Å². The minimum atomic E-state index is -4.18. The average Bonchev–Trinajstić information content (AvgIpc) is 2.02. The van der Waals surface area contributed by atoms with Crippen LogP contribution >= 0.6 is 15.9 Å². The van der Waals surface area contributed by atoms with E-state index in [4.69, 9.17) is 4.55 Å². The number of halogens is 1. The number of alkyl halides is 1. The zero-order valence-electron chi connectivity index (χ0n) is 6.64. The van der Waals surface area contributed by atoms with Crippen LogP contribution in [-0.4, -0.2) is 36.1 Å². The summed E-state index contributed by atoms with van der Waals surface area (Å²) in [5, 5.41) is -1.15. The van der Waals surface area contributed by atoms with Crippen LogP contribution in [0.15, 0.2) is 12.7 Å². The van der Waals surface area contributed by atoms with E-state index in [0.717, 1.165) is 6.08 Å². The van der Waals surface area contributed by atoms with Crippen LogP contribution in [0.4, 0.5) is 0 Å². The van der Waals surface area contributed by atoms with Gasteiger partial charge in [-0.2, -0.15) is 8.42 Å². The topological polar surface area (TPSA) is 80.7 Å². The molecule has 0 rings (SSSR count). The van der Waals surface area contributed by atoms with Crippen molar-refractivity contribution < 1.29 is 22.5 Å². The second-order valence-corrected chi connectivity index (χ2v) is 4.47. The average molecular weight is 273 g/mol. The number of rotatable bonds is 5. The Hall–Kier alpha value is -0.400. The first kappa shape index (κ1) is 12.6. The van der Waals surface area contributed by atoms with E-state index in [-0.39, 0.29) is 5.33 Å². The van der Waals surface area contributed by atoms with Gasteiger partial charge in [-0.1, -0.05) is 22.5 Å². The molecule has 7 heteroatoms. The van der Waals surface area contributed by atoms with Crippen molar-refractivity contribution in [3.8, 4) is 0 Å². The Labute approximate surface area is 84.6 Å². The van der Waals surface area contributed by atoms with E-state index < -0.39 is 27.9 Å². The van der Waals surface area contributed by atoms with Gasteiger partial charge in [0.05, 0.1) is 0 Å². The van der Waals surface area contributed by atoms with Gasteiger partial charge in [0.25, 0.3) is 10.1 Å². The summed E-state index contributed by atoms with van der Waals surface area (Å²) in [5.74, 6) is -0.727. The smallest absolute Gasteiger partial charge is 0.330 e. The summed E-state index contributed by atoms with van der Waals surface area (Å²) in [6.07, 6.45) is 0.912. The molecule has 0 aromatic rings. The molecule has 0 saturated carbocycles. The predicted molar refractivity (Wildman–Crippen MR) is 50.3 cm³/mol. The van der Waals surface area contributed by atoms with Gasteiger partial charge >= 0.3 is 5.97 Å². The van der Waals surface area contributed by atoms with Gasteiger partial charge in [-0.15, -0.1) is 0 Å². The third-order valence-corrected chi connectivity index (χ3v) is 3.53. The lowest BCUT2D eigenvalue weighted by Crippen LogP contribution is -2.28. The van der Waals surface area contributed by atoms with E-state index in [2.05, 4.69) is 27.2 Å². The first-order chi connectivity index (χ1) is 5.91. The fraction of sp³-hybridized carbons (Fsp3) is 0.500. The van der Waals surface area contributed by atoms with E-state index in [1.807, 2.05) is 0 Å². The number of carbonyl (C=O) groups is 1. The van der Waals surface area contributed by atoms with E-state index in [0.29, 0.717) is 0 Å². The van der Waals surface area contributed by atoms with E-state index in [9.17, 15) is 13.2 Å². The quantitative estimate of drug-likeness (QED) is 0.339. The third kappa shape index (κ3) is 5.02. The van der Waals surface area contributed by atoms with Gasteiger partial charge in [0.15, 0.2) is 0 Å². The molecule has 0 aromatic heterocycles. The van der Waals surface area contributed by atoms with E-state index in [1.165, 1.54) is 0 Å². The highest BCUT2D eigenvalue weighted by atomic mass is 79.9. The predicted octanol–water partition coefficient (Wildman–Crippen LogP) is 0.367. The van der Waals surface area contributed by atoms with Gasteiger partial charge in [-0.25, -0.2) is 4.79 Å². The SMILES string of the molecule is C=CC(=O)OCC(CBr)S(=O)(=O)O. The zero-order valence-corrected chi connectivity index (χ0v) is 9.04. The maximum atomic E-state index is 10.6. The number of esters is 1. The lowest BCUT2D eigenvalue weighted by molar-refractivity contribution is -0.137. The fourth-order valence-corrected chi connectivity index (χ4v) is 2.03. The van der Waals surface area contributed by atoms with Crippen molar-refractivity contribution in [2.24, 2.45) is 0 Å². The normalized spacial score (nSPS) is 13.4. The van der Waals surface area contributed by atoms with Crippen molar-refractivity contribution in [3.63, 3.8) is 0 Å². The fourth-order valence-electron chi connectivity index (χ4n) is 0.444. The molecule has 0 heterocycles. The van der Waals surface area contributed by atoms with Crippen molar-refractivity contribution in [2.45, 2.75) is 5.25 Å². The highest BCUT2D eigenvalue weighted by Crippen LogP contribution is 2.03. The molecule has 0 radical (unpaired) electrons. The lowest BCUT2D eigenvalue weighted by Gasteiger charge is -2.09. The first-order valence-electron chi connectivity index (χ1n) is 3.23. The van der Waals surface area contributed by atoms with Crippen molar-refractivity contribution in [3.05, 3.63) is 12.7 Å². The Kier molecular flexibility index (Phi) is 5.19. The molecule has 0 saturated heterocycles. The Morgan fingerprint density at radius 1 is 1.69 bits per heavy atom. The van der Waals surface area contributed by atoms with Crippen molar-refractivity contribution in [2.75, 3.05) is 11.9 Å². The molecule has 0 spiro atoms. The highest BCUT2D eigenvalue weighted by molar-refractivity contribution is 9.09. The summed E-state index contributed by atoms with van der Waals surface area (Å²) in [6, 6.07) is 0. The van der Waals surface area contributed by atoms with Crippen LogP contribution in [0.2, 0.25) is 0 Å². The standard InChI is InChI=1S/C6H9BrO5S/c1-2-6(8)12-4-5(3-7)13(9,10)11/h2,5H,1,3-4H2,(H,9,10,11). The minimum Gasteiger partial charge on any atom is -0.461 e. The van der Waals surface area contributed by atoms with Gasteiger partial charge in [0.1, 0.15) is 11.9 Å². The summed E-state index contributed by atoms with van der Waals surface area (Å²) in [4.78, 5) is 10.5. The van der Waals surface area contributed by atoms with Crippen LogP contribution in [-0.2, 0) is 19.6 Å². The molecule has 76 valence electrons. The van der Waals surface area contributed by atoms with Gasteiger partial charge in [-0.05, 0) is 0 Å². The zero-order chi connectivity index (χ0) is 10.5. The Balaban J connectivity index is 4.16. The van der Waals surface area contributed by atoms with Crippen molar-refractivity contribution in [1.29, 1.82) is 0 Å². The second-order valence-electron chi connectivity index (χ2n) is 2.13. The van der Waals surface area contributed by atoms with Gasteiger partial charge in [0.2, 0.25) is 0 Å². The van der Waals surface area contributed by atoms with Crippen LogP contribution in [0.3, 0.4) is 0 Å². The summed E-state index contributed by atoms with van der Waals surface area (Å²) in [5.41, 5.74) is 0. The third-order valence-electron chi connectivity index (χ3n) is 1.17. The molecule has 0 bridgehead atoms. The van der Waals surface area contributed by atoms with Gasteiger partial charge in [0, 0.05) is 11.4 Å². The summed E-state index contributed by atoms with van der Waals surface area (Å²) in [6.45, 7) is 2.73. The Morgan fingerprint density at radius 2 is 2.23 bits per heavy atom. The van der Waals surface area contributed by atoms with Crippen molar-refractivity contribution >= 4 is 32.0 Å². The highest BCUT2D eigenvalue weighted by Gasteiger charge is 2.22. The summed E-state index contributed by atoms with van der Waals surface area (Å²) >= 11 is 2.87. The monoisotopic (exact) mass is 272 g/mol. The molecule has 1 N–H and O–H groups in total. The Morgan fingerprint density at radius 3 is 2.54 bits per heavy atom. The van der Waals surface area contributed by atoms with Gasteiger partial charge in [-0.3, -0.25) is 4.55 Å². The number of hydrogen-bond acceptors (Lipinski definition) is 4. The lowest BCUT2D eigenvalue weighted by atomic mass is 10.5. The van der Waals surface area contributed by atoms with Crippen LogP contribution < -0.4 is 0 Å². The maximum Gasteiger partial charge on any atom is 0.330 e. The van der Waals surface area contributed by atoms with Crippen molar-refractivity contribution in [1.82, 2.24) is 0 Å². The molecule has 0 amide bonds. The number of hydrogen-bond donors (Lipinski definition) is 1.